The van der Waals surface area contributed by atoms with E-state index in [2.05, 4.69) is 0 Å². The number of imide groups is 1. The summed E-state index contributed by atoms with van der Waals surface area (Å²) >= 11 is 1.45. The van der Waals surface area contributed by atoms with E-state index in [1.54, 1.807) is 7.05 Å². The summed E-state index contributed by atoms with van der Waals surface area (Å²) < 4.78 is 5.67. The van der Waals surface area contributed by atoms with Gasteiger partial charge in [0.05, 0.1) is 10.9 Å². The second-order valence-electron chi connectivity index (χ2n) is 6.48. The van der Waals surface area contributed by atoms with Crippen LogP contribution in [0.4, 0.5) is 0 Å². The van der Waals surface area contributed by atoms with Gasteiger partial charge in [0.1, 0.15) is 6.73 Å². The molecule has 0 aromatic rings. The summed E-state index contributed by atoms with van der Waals surface area (Å²) in [4.78, 5) is 35.9. The first-order valence-electron chi connectivity index (χ1n) is 7.90. The number of ether oxygens (including phenoxy) is 1. The Hall–Kier alpha value is -1.16. The first kappa shape index (κ1) is 20.9. The van der Waals surface area contributed by atoms with E-state index >= 15 is 0 Å². The third-order valence-corrected chi connectivity index (χ3v) is 4.87. The Morgan fingerprint density at radius 3 is 2.75 bits per heavy atom. The van der Waals surface area contributed by atoms with Gasteiger partial charge in [0.25, 0.3) is 0 Å². The summed E-state index contributed by atoms with van der Waals surface area (Å²) in [6, 6.07) is 0. The Morgan fingerprint density at radius 2 is 2.17 bits per heavy atom. The molecule has 24 heavy (non-hydrogen) atoms. The Morgan fingerprint density at radius 1 is 1.50 bits per heavy atom. The first-order chi connectivity index (χ1) is 11.1. The molecular weight excluding hydrogens is 334 g/mol. The third-order valence-electron chi connectivity index (χ3n) is 3.66. The van der Waals surface area contributed by atoms with E-state index in [0.717, 1.165) is 6.42 Å². The molecule has 1 aliphatic heterocycles. The number of nitrogens with two attached hydrogens (primary N) is 1. The number of likely N-dealkylation sites (tertiary alicyclic amines) is 1. The monoisotopic (exact) mass is 361 g/mol. The van der Waals surface area contributed by atoms with Gasteiger partial charge in [0, 0.05) is 26.4 Å². The van der Waals surface area contributed by atoms with Crippen molar-refractivity contribution in [2.45, 2.75) is 50.4 Å². The summed E-state index contributed by atoms with van der Waals surface area (Å²) in [6.07, 6.45) is 1.15. The molecule has 1 unspecified atom stereocenters. The highest BCUT2D eigenvalue weighted by Crippen LogP contribution is 2.28. The minimum Gasteiger partial charge on any atom is -0.481 e. The van der Waals surface area contributed by atoms with Gasteiger partial charge < -0.3 is 9.84 Å². The lowest BCUT2D eigenvalue weighted by atomic mass is 10.1. The van der Waals surface area contributed by atoms with Crippen molar-refractivity contribution in [1.29, 1.82) is 0 Å². The van der Waals surface area contributed by atoms with Crippen LogP contribution in [0.3, 0.4) is 0 Å². The van der Waals surface area contributed by atoms with E-state index < -0.39 is 5.97 Å². The molecule has 1 fully saturated rings. The van der Waals surface area contributed by atoms with Crippen molar-refractivity contribution in [3.63, 3.8) is 0 Å². The zero-order valence-electron chi connectivity index (χ0n) is 14.5. The molecule has 0 spiro atoms. The largest absolute Gasteiger partial charge is 0.481 e. The number of hydrogen-bond acceptors (Lipinski definition) is 7. The fraction of sp³-hybridized carbons (Fsp3) is 0.800. The van der Waals surface area contributed by atoms with Gasteiger partial charge in [0.2, 0.25) is 11.8 Å². The van der Waals surface area contributed by atoms with Crippen LogP contribution in [0, 0.1) is 0 Å². The van der Waals surface area contributed by atoms with Crippen molar-refractivity contribution in [2.24, 2.45) is 5.84 Å². The molecule has 1 atom stereocenters. The van der Waals surface area contributed by atoms with Crippen LogP contribution < -0.4 is 5.84 Å². The van der Waals surface area contributed by atoms with Gasteiger partial charge >= 0.3 is 5.97 Å². The molecule has 1 heterocycles. The van der Waals surface area contributed by atoms with Crippen LogP contribution in [0.15, 0.2) is 0 Å². The van der Waals surface area contributed by atoms with Gasteiger partial charge in [-0.1, -0.05) is 0 Å². The number of carboxylic acids is 1. The molecule has 0 aromatic heterocycles. The van der Waals surface area contributed by atoms with E-state index in [1.807, 2.05) is 13.8 Å². The zero-order chi connectivity index (χ0) is 18.3. The quantitative estimate of drug-likeness (QED) is 0.239. The molecule has 1 aliphatic rings. The summed E-state index contributed by atoms with van der Waals surface area (Å²) in [5.41, 5.74) is -0.368. The summed E-state index contributed by atoms with van der Waals surface area (Å²) in [7, 11) is 1.71. The highest BCUT2D eigenvalue weighted by molar-refractivity contribution is 8.00. The molecule has 0 radical (unpaired) electrons. The highest BCUT2D eigenvalue weighted by atomic mass is 32.2. The normalized spacial score (nSPS) is 18.7. The molecule has 1 saturated heterocycles. The summed E-state index contributed by atoms with van der Waals surface area (Å²) in [5, 5.41) is 9.69. The predicted molar refractivity (Wildman–Crippen MR) is 91.1 cm³/mol. The predicted octanol–water partition coefficient (Wildman–Crippen LogP) is 0.660. The maximum Gasteiger partial charge on any atom is 0.303 e. The number of carboxylic acid groups (broad SMARTS) is 1. The summed E-state index contributed by atoms with van der Waals surface area (Å²) in [6.45, 7) is 4.40. The fourth-order valence-corrected chi connectivity index (χ4v) is 3.63. The van der Waals surface area contributed by atoms with Crippen LogP contribution in [-0.4, -0.2) is 69.7 Å². The minimum absolute atomic E-state index is 0.0456. The number of amides is 2. The van der Waals surface area contributed by atoms with Crippen molar-refractivity contribution < 1.29 is 24.2 Å². The van der Waals surface area contributed by atoms with Crippen molar-refractivity contribution in [3.05, 3.63) is 0 Å². The Balaban J connectivity index is 2.37. The zero-order valence-corrected chi connectivity index (χ0v) is 15.3. The Bertz CT molecular complexity index is 470. The number of thioether (sulfide) groups is 1. The van der Waals surface area contributed by atoms with E-state index in [-0.39, 0.29) is 48.5 Å². The standard InChI is InChI=1S/C15H27N3O5S/c1-15(2,23-10-17(3)16)6-8-24-11-9-12(19)18(14(11)22)7-4-5-13(20)21/h11H,4-10,16H2,1-3H3,(H,20,21). The molecule has 2 amide bonds. The van der Waals surface area contributed by atoms with Crippen LogP contribution in [0.1, 0.15) is 39.5 Å². The van der Waals surface area contributed by atoms with Gasteiger partial charge in [-0.05, 0) is 32.4 Å². The molecule has 0 aromatic carbocycles. The van der Waals surface area contributed by atoms with Crippen molar-refractivity contribution in [1.82, 2.24) is 9.91 Å². The number of hydrazine groups is 1. The second kappa shape index (κ2) is 9.36. The van der Waals surface area contributed by atoms with Crippen LogP contribution in [0.2, 0.25) is 0 Å². The van der Waals surface area contributed by atoms with Gasteiger partial charge in [-0.15, -0.1) is 11.8 Å². The van der Waals surface area contributed by atoms with Crippen molar-refractivity contribution >= 4 is 29.5 Å². The molecule has 1 rings (SSSR count). The van der Waals surface area contributed by atoms with Crippen LogP contribution in [-0.2, 0) is 19.1 Å². The Kier molecular flexibility index (Phi) is 8.14. The molecule has 0 bridgehead atoms. The lowest BCUT2D eigenvalue weighted by Gasteiger charge is -2.27. The molecule has 8 nitrogen and oxygen atoms in total. The maximum absolute atomic E-state index is 12.2. The fourth-order valence-electron chi connectivity index (χ4n) is 2.20. The molecule has 0 saturated carbocycles. The average Bonchev–Trinajstić information content (AvgIpc) is 2.72. The summed E-state index contributed by atoms with van der Waals surface area (Å²) in [5.74, 6) is 4.85. The van der Waals surface area contributed by atoms with E-state index in [9.17, 15) is 14.4 Å². The number of aliphatic carboxylic acids is 1. The first-order valence-corrected chi connectivity index (χ1v) is 8.94. The minimum atomic E-state index is -0.926. The number of rotatable bonds is 11. The van der Waals surface area contributed by atoms with Gasteiger partial charge in [-0.2, -0.15) is 0 Å². The highest BCUT2D eigenvalue weighted by Gasteiger charge is 2.38. The SMILES string of the molecule is CN(N)COC(C)(C)CCSC1CC(=O)N(CCCC(=O)O)C1=O. The molecular formula is C15H27N3O5S. The number of hydrogen-bond donors (Lipinski definition) is 2. The van der Waals surface area contributed by atoms with E-state index in [1.165, 1.54) is 21.7 Å². The van der Waals surface area contributed by atoms with Gasteiger partial charge in [-0.3, -0.25) is 25.1 Å². The third kappa shape index (κ3) is 7.16. The van der Waals surface area contributed by atoms with Crippen molar-refractivity contribution in [3.8, 4) is 0 Å². The Labute approximate surface area is 146 Å². The maximum atomic E-state index is 12.2. The molecule has 0 aliphatic carbocycles. The smallest absolute Gasteiger partial charge is 0.303 e. The number of carbonyl (C=O) groups excluding carboxylic acids is 2. The molecule has 138 valence electrons. The van der Waals surface area contributed by atoms with Crippen LogP contribution in [0.25, 0.3) is 0 Å². The van der Waals surface area contributed by atoms with Gasteiger partial charge in [0.15, 0.2) is 0 Å². The van der Waals surface area contributed by atoms with E-state index in [0.29, 0.717) is 12.5 Å². The molecule has 3 N–H and O–H groups in total. The topological polar surface area (TPSA) is 113 Å². The van der Waals surface area contributed by atoms with Crippen LogP contribution >= 0.6 is 11.8 Å². The second-order valence-corrected chi connectivity index (χ2v) is 7.80. The van der Waals surface area contributed by atoms with Crippen molar-refractivity contribution in [2.75, 3.05) is 26.1 Å². The lowest BCUT2D eigenvalue weighted by Crippen LogP contribution is -2.36. The van der Waals surface area contributed by atoms with Gasteiger partial charge in [-0.25, -0.2) is 5.01 Å². The van der Waals surface area contributed by atoms with Crippen LogP contribution in [0.5, 0.6) is 0 Å². The lowest BCUT2D eigenvalue weighted by molar-refractivity contribution is -0.141. The number of carbonyl (C=O) groups is 3. The molecule has 9 heteroatoms. The van der Waals surface area contributed by atoms with E-state index in [4.69, 9.17) is 15.7 Å². The number of nitrogens with zero attached hydrogens (tertiary/aromatic N) is 2. The average molecular weight is 361 g/mol.